The highest BCUT2D eigenvalue weighted by Gasteiger charge is 2.26. The van der Waals surface area contributed by atoms with E-state index in [0.29, 0.717) is 42.5 Å². The molecule has 1 N–H and O–H groups in total. The summed E-state index contributed by atoms with van der Waals surface area (Å²) in [6.07, 6.45) is 0. The third-order valence-electron chi connectivity index (χ3n) is 5.60. The zero-order valence-corrected chi connectivity index (χ0v) is 18.7. The Morgan fingerprint density at radius 2 is 1.65 bits per heavy atom. The highest BCUT2D eigenvalue weighted by Crippen LogP contribution is 2.23. The van der Waals surface area contributed by atoms with Gasteiger partial charge in [0.1, 0.15) is 0 Å². The minimum absolute atomic E-state index is 0.0218. The van der Waals surface area contributed by atoms with Crippen molar-refractivity contribution in [1.29, 1.82) is 0 Å². The number of carbonyl (C=O) groups excluding carboxylic acids is 2. The van der Waals surface area contributed by atoms with Gasteiger partial charge in [-0.3, -0.25) is 9.78 Å². The van der Waals surface area contributed by atoms with Gasteiger partial charge in [-0.25, -0.2) is 4.79 Å². The summed E-state index contributed by atoms with van der Waals surface area (Å²) in [5.74, 6) is -0.0218. The number of fused-ring (bicyclic) bond motifs is 1. The number of rotatable bonds is 2. The van der Waals surface area contributed by atoms with Gasteiger partial charge in [-0.05, 0) is 56.7 Å². The number of urea groups is 1. The molecule has 3 aromatic rings. The van der Waals surface area contributed by atoms with Crippen LogP contribution in [0.15, 0.2) is 42.5 Å². The lowest BCUT2D eigenvalue weighted by Gasteiger charge is -2.35. The van der Waals surface area contributed by atoms with E-state index < -0.39 is 0 Å². The molecule has 0 spiro atoms. The van der Waals surface area contributed by atoms with Gasteiger partial charge < -0.3 is 15.1 Å². The first-order valence-corrected chi connectivity index (χ1v) is 10.7. The lowest BCUT2D eigenvalue weighted by atomic mass is 10.0. The maximum absolute atomic E-state index is 13.3. The molecule has 2 heterocycles. The van der Waals surface area contributed by atoms with E-state index in [1.807, 2.05) is 62.1 Å². The van der Waals surface area contributed by atoms with Gasteiger partial charge in [0.15, 0.2) is 0 Å². The van der Waals surface area contributed by atoms with Crippen LogP contribution < -0.4 is 5.32 Å². The van der Waals surface area contributed by atoms with Gasteiger partial charge in [0.05, 0.1) is 11.1 Å². The fourth-order valence-electron chi connectivity index (χ4n) is 3.81. The maximum atomic E-state index is 13.3. The normalized spacial score (nSPS) is 14.1. The monoisotopic (exact) mass is 436 g/mol. The van der Waals surface area contributed by atoms with Crippen LogP contribution in [0.25, 0.3) is 10.9 Å². The molecule has 0 radical (unpaired) electrons. The Morgan fingerprint density at radius 3 is 2.35 bits per heavy atom. The van der Waals surface area contributed by atoms with Crippen molar-refractivity contribution in [3.63, 3.8) is 0 Å². The Labute approximate surface area is 186 Å². The number of piperazine rings is 1. The van der Waals surface area contributed by atoms with Gasteiger partial charge in [0, 0.05) is 48.0 Å². The molecule has 4 rings (SSSR count). The summed E-state index contributed by atoms with van der Waals surface area (Å²) in [5.41, 5.74) is 5.01. The van der Waals surface area contributed by atoms with Crippen molar-refractivity contribution < 1.29 is 9.59 Å². The molecular weight excluding hydrogens is 412 g/mol. The fraction of sp³-hybridized carbons (Fsp3) is 0.292. The van der Waals surface area contributed by atoms with E-state index in [-0.39, 0.29) is 11.9 Å². The summed E-state index contributed by atoms with van der Waals surface area (Å²) < 4.78 is 0. The molecule has 0 bridgehead atoms. The Balaban J connectivity index is 1.44. The zero-order chi connectivity index (χ0) is 22.1. The summed E-state index contributed by atoms with van der Waals surface area (Å²) in [6.45, 7) is 7.72. The highest BCUT2D eigenvalue weighted by atomic mass is 35.5. The van der Waals surface area contributed by atoms with Crippen LogP contribution in [0.1, 0.15) is 27.2 Å². The summed E-state index contributed by atoms with van der Waals surface area (Å²) >= 11 is 6.14. The number of carbonyl (C=O) groups is 2. The van der Waals surface area contributed by atoms with Crippen molar-refractivity contribution in [2.45, 2.75) is 20.8 Å². The first-order chi connectivity index (χ1) is 14.8. The standard InChI is InChI=1S/C24H25ClN4O2/c1-15-4-7-22-19(12-15)20(13-17(3)26-22)23(30)28-8-10-29(11-9-28)24(31)27-18-6-5-16(2)21(25)14-18/h4-7,12-14H,8-11H2,1-3H3,(H,27,31). The van der Waals surface area contributed by atoms with Crippen molar-refractivity contribution in [3.8, 4) is 0 Å². The minimum Gasteiger partial charge on any atom is -0.335 e. The third-order valence-corrected chi connectivity index (χ3v) is 6.01. The number of aromatic nitrogens is 1. The SMILES string of the molecule is Cc1ccc2nc(C)cc(C(=O)N3CCN(C(=O)Nc4ccc(C)c(Cl)c4)CC3)c2c1. The van der Waals surface area contributed by atoms with Crippen LogP contribution >= 0.6 is 11.6 Å². The highest BCUT2D eigenvalue weighted by molar-refractivity contribution is 6.31. The Kier molecular flexibility index (Phi) is 5.83. The number of hydrogen-bond donors (Lipinski definition) is 1. The van der Waals surface area contributed by atoms with Gasteiger partial charge in [0.25, 0.3) is 5.91 Å². The van der Waals surface area contributed by atoms with Crippen LogP contribution in [0.2, 0.25) is 5.02 Å². The lowest BCUT2D eigenvalue weighted by Crippen LogP contribution is -2.51. The average Bonchev–Trinajstić information content (AvgIpc) is 2.75. The van der Waals surface area contributed by atoms with Gasteiger partial charge in [0.2, 0.25) is 0 Å². The summed E-state index contributed by atoms with van der Waals surface area (Å²) in [4.78, 5) is 34.0. The Morgan fingerprint density at radius 1 is 0.935 bits per heavy atom. The van der Waals surface area contributed by atoms with E-state index in [1.54, 1.807) is 11.0 Å². The van der Waals surface area contributed by atoms with Crippen molar-refractivity contribution >= 4 is 40.1 Å². The second-order valence-electron chi connectivity index (χ2n) is 8.01. The smallest absolute Gasteiger partial charge is 0.321 e. The van der Waals surface area contributed by atoms with Crippen LogP contribution in [0.3, 0.4) is 0 Å². The molecule has 1 aromatic heterocycles. The minimum atomic E-state index is -0.187. The van der Waals surface area contributed by atoms with E-state index in [2.05, 4.69) is 10.3 Å². The molecule has 31 heavy (non-hydrogen) atoms. The number of nitrogens with zero attached hydrogens (tertiary/aromatic N) is 3. The second-order valence-corrected chi connectivity index (χ2v) is 8.41. The maximum Gasteiger partial charge on any atom is 0.321 e. The largest absolute Gasteiger partial charge is 0.335 e. The first kappa shape index (κ1) is 21.1. The molecule has 160 valence electrons. The number of amides is 3. The van der Waals surface area contributed by atoms with Gasteiger partial charge in [-0.2, -0.15) is 0 Å². The number of hydrogen-bond acceptors (Lipinski definition) is 3. The van der Waals surface area contributed by atoms with Crippen LogP contribution in [0, 0.1) is 20.8 Å². The molecule has 0 atom stereocenters. The van der Waals surface area contributed by atoms with Crippen LogP contribution in [-0.4, -0.2) is 52.9 Å². The zero-order valence-electron chi connectivity index (χ0n) is 17.9. The number of anilines is 1. The molecular formula is C24H25ClN4O2. The number of nitrogens with one attached hydrogen (secondary N) is 1. The molecule has 0 unspecified atom stereocenters. The van der Waals surface area contributed by atoms with Crippen LogP contribution in [0.4, 0.5) is 10.5 Å². The molecule has 1 fully saturated rings. The predicted octanol–water partition coefficient (Wildman–Crippen LogP) is 4.80. The fourth-order valence-corrected chi connectivity index (χ4v) is 3.99. The number of halogens is 1. The molecule has 0 saturated carbocycles. The molecule has 7 heteroatoms. The molecule has 0 aliphatic carbocycles. The van der Waals surface area contributed by atoms with Crippen molar-refractivity contribution in [2.75, 3.05) is 31.5 Å². The van der Waals surface area contributed by atoms with E-state index in [1.165, 1.54) is 0 Å². The summed E-state index contributed by atoms with van der Waals surface area (Å²) in [6, 6.07) is 13.1. The van der Waals surface area contributed by atoms with E-state index >= 15 is 0 Å². The Bertz CT molecular complexity index is 1170. The predicted molar refractivity (Wildman–Crippen MR) is 124 cm³/mol. The average molecular weight is 437 g/mol. The van der Waals surface area contributed by atoms with Gasteiger partial charge in [-0.1, -0.05) is 29.3 Å². The molecule has 3 amide bonds. The lowest BCUT2D eigenvalue weighted by molar-refractivity contribution is 0.0673. The summed E-state index contributed by atoms with van der Waals surface area (Å²) in [5, 5.41) is 4.37. The van der Waals surface area contributed by atoms with Crippen LogP contribution in [-0.2, 0) is 0 Å². The topological polar surface area (TPSA) is 65.5 Å². The van der Waals surface area contributed by atoms with Gasteiger partial charge in [-0.15, -0.1) is 0 Å². The van der Waals surface area contributed by atoms with E-state index in [0.717, 1.165) is 27.7 Å². The molecule has 2 aromatic carbocycles. The number of aryl methyl sites for hydroxylation is 3. The third kappa shape index (κ3) is 4.49. The van der Waals surface area contributed by atoms with Crippen molar-refractivity contribution in [2.24, 2.45) is 0 Å². The molecule has 6 nitrogen and oxygen atoms in total. The quantitative estimate of drug-likeness (QED) is 0.627. The molecule has 1 aliphatic heterocycles. The van der Waals surface area contributed by atoms with Gasteiger partial charge >= 0.3 is 6.03 Å². The summed E-state index contributed by atoms with van der Waals surface area (Å²) in [7, 11) is 0. The van der Waals surface area contributed by atoms with E-state index in [9.17, 15) is 9.59 Å². The number of benzene rings is 2. The molecule has 1 aliphatic rings. The van der Waals surface area contributed by atoms with Crippen molar-refractivity contribution in [3.05, 3.63) is 69.9 Å². The first-order valence-electron chi connectivity index (χ1n) is 10.3. The Hall–Kier alpha value is -3.12. The molecule has 1 saturated heterocycles. The second kappa shape index (κ2) is 8.55. The number of pyridine rings is 1. The van der Waals surface area contributed by atoms with Crippen LogP contribution in [0.5, 0.6) is 0 Å². The van der Waals surface area contributed by atoms with E-state index in [4.69, 9.17) is 11.6 Å². The van der Waals surface area contributed by atoms with Crippen molar-refractivity contribution in [1.82, 2.24) is 14.8 Å².